The number of rotatable bonds is 1. The number of ether oxygens (including phenoxy) is 1. The van der Waals surface area contributed by atoms with E-state index in [-0.39, 0.29) is 0 Å². The first-order chi connectivity index (χ1) is 7.93. The summed E-state index contributed by atoms with van der Waals surface area (Å²) in [5, 5.41) is 3.53. The highest BCUT2D eigenvalue weighted by molar-refractivity contribution is 5.53. The SMILES string of the molecule is c1ccc2c(c1)C[C@@H](N1CCOCC1)CN2. The Hall–Kier alpha value is -1.06. The molecule has 0 radical (unpaired) electrons. The van der Waals surface area contributed by atoms with E-state index in [4.69, 9.17) is 4.74 Å². The van der Waals surface area contributed by atoms with E-state index in [9.17, 15) is 0 Å². The smallest absolute Gasteiger partial charge is 0.0594 e. The summed E-state index contributed by atoms with van der Waals surface area (Å²) in [6.07, 6.45) is 1.17. The van der Waals surface area contributed by atoms with Crippen LogP contribution in [-0.4, -0.2) is 43.8 Å². The van der Waals surface area contributed by atoms with Crippen molar-refractivity contribution in [1.29, 1.82) is 0 Å². The number of morpholine rings is 1. The van der Waals surface area contributed by atoms with Gasteiger partial charge in [0.2, 0.25) is 0 Å². The number of nitrogens with zero attached hydrogens (tertiary/aromatic N) is 1. The maximum atomic E-state index is 5.40. The Kier molecular flexibility index (Phi) is 2.80. The van der Waals surface area contributed by atoms with Crippen LogP contribution in [-0.2, 0) is 11.2 Å². The summed E-state index contributed by atoms with van der Waals surface area (Å²) in [6.45, 7) is 5.00. The standard InChI is InChI=1S/C13H18N2O/c1-2-4-13-11(3-1)9-12(10-14-13)15-5-7-16-8-6-15/h1-4,12,14H,5-10H2/t12-/m1/s1. The van der Waals surface area contributed by atoms with Crippen molar-refractivity contribution in [2.45, 2.75) is 12.5 Å². The van der Waals surface area contributed by atoms with Crippen molar-refractivity contribution in [2.75, 3.05) is 38.2 Å². The Bertz CT molecular complexity index is 361. The second kappa shape index (κ2) is 4.44. The minimum absolute atomic E-state index is 0.638. The van der Waals surface area contributed by atoms with Gasteiger partial charge in [0.25, 0.3) is 0 Å². The van der Waals surface area contributed by atoms with E-state index >= 15 is 0 Å². The van der Waals surface area contributed by atoms with Gasteiger partial charge in [-0.25, -0.2) is 0 Å². The number of para-hydroxylation sites is 1. The fourth-order valence-corrected chi connectivity index (χ4v) is 2.63. The first-order valence-corrected chi connectivity index (χ1v) is 6.07. The average molecular weight is 218 g/mol. The highest BCUT2D eigenvalue weighted by Gasteiger charge is 2.24. The zero-order valence-electron chi connectivity index (χ0n) is 9.48. The lowest BCUT2D eigenvalue weighted by atomic mass is 9.98. The molecule has 1 aromatic rings. The van der Waals surface area contributed by atoms with Crippen molar-refractivity contribution in [3.05, 3.63) is 29.8 Å². The van der Waals surface area contributed by atoms with Crippen molar-refractivity contribution < 1.29 is 4.74 Å². The van der Waals surface area contributed by atoms with Crippen molar-refractivity contribution in [2.24, 2.45) is 0 Å². The van der Waals surface area contributed by atoms with Crippen LogP contribution in [0, 0.1) is 0 Å². The predicted octanol–water partition coefficient (Wildman–Crippen LogP) is 1.36. The zero-order valence-corrected chi connectivity index (χ0v) is 9.48. The molecule has 2 heterocycles. The Balaban J connectivity index is 1.72. The largest absolute Gasteiger partial charge is 0.383 e. The molecule has 3 nitrogen and oxygen atoms in total. The molecule has 0 bridgehead atoms. The average Bonchev–Trinajstić information content (AvgIpc) is 2.39. The highest BCUT2D eigenvalue weighted by atomic mass is 16.5. The van der Waals surface area contributed by atoms with Gasteiger partial charge in [-0.3, -0.25) is 4.90 Å². The Labute approximate surface area is 96.4 Å². The van der Waals surface area contributed by atoms with Gasteiger partial charge < -0.3 is 10.1 Å². The summed E-state index contributed by atoms with van der Waals surface area (Å²) >= 11 is 0. The van der Waals surface area contributed by atoms with Gasteiger partial charge in [0.1, 0.15) is 0 Å². The molecule has 0 saturated carbocycles. The molecule has 86 valence electrons. The third kappa shape index (κ3) is 1.93. The van der Waals surface area contributed by atoms with Crippen molar-refractivity contribution >= 4 is 5.69 Å². The van der Waals surface area contributed by atoms with Crippen molar-refractivity contribution in [3.63, 3.8) is 0 Å². The number of hydrogen-bond acceptors (Lipinski definition) is 3. The molecule has 1 atom stereocenters. The van der Waals surface area contributed by atoms with Gasteiger partial charge in [-0.2, -0.15) is 0 Å². The zero-order chi connectivity index (χ0) is 10.8. The fraction of sp³-hybridized carbons (Fsp3) is 0.538. The van der Waals surface area contributed by atoms with Crippen LogP contribution in [0.3, 0.4) is 0 Å². The summed E-state index contributed by atoms with van der Waals surface area (Å²) < 4.78 is 5.40. The van der Waals surface area contributed by atoms with Crippen molar-refractivity contribution in [3.8, 4) is 0 Å². The molecular formula is C13H18N2O. The Morgan fingerprint density at radius 2 is 2.00 bits per heavy atom. The van der Waals surface area contributed by atoms with Gasteiger partial charge in [0.15, 0.2) is 0 Å². The molecule has 16 heavy (non-hydrogen) atoms. The van der Waals surface area contributed by atoms with E-state index in [1.54, 1.807) is 0 Å². The molecule has 3 heteroatoms. The second-order valence-electron chi connectivity index (χ2n) is 4.54. The molecule has 2 aliphatic rings. The van der Waals surface area contributed by atoms with Crippen molar-refractivity contribution in [1.82, 2.24) is 4.90 Å². The summed E-state index contributed by atoms with van der Waals surface area (Å²) in [4.78, 5) is 2.55. The van der Waals surface area contributed by atoms with Gasteiger partial charge in [-0.1, -0.05) is 18.2 Å². The first kappa shape index (κ1) is 10.1. The van der Waals surface area contributed by atoms with Crippen LogP contribution >= 0.6 is 0 Å². The van der Waals surface area contributed by atoms with Crippen LogP contribution in [0.2, 0.25) is 0 Å². The van der Waals surface area contributed by atoms with Gasteiger partial charge in [0.05, 0.1) is 13.2 Å². The van der Waals surface area contributed by atoms with Gasteiger partial charge in [-0.05, 0) is 18.1 Å². The first-order valence-electron chi connectivity index (χ1n) is 6.07. The lowest BCUT2D eigenvalue weighted by Crippen LogP contribution is -2.49. The molecule has 1 N–H and O–H groups in total. The van der Waals surface area contributed by atoms with Crippen LogP contribution in [0.1, 0.15) is 5.56 Å². The molecule has 0 amide bonds. The molecule has 0 aliphatic carbocycles. The monoisotopic (exact) mass is 218 g/mol. The molecule has 0 unspecified atom stereocenters. The topological polar surface area (TPSA) is 24.5 Å². The van der Waals surface area contributed by atoms with Crippen LogP contribution in [0.15, 0.2) is 24.3 Å². The number of anilines is 1. The number of benzene rings is 1. The maximum Gasteiger partial charge on any atom is 0.0594 e. The Morgan fingerprint density at radius 3 is 2.88 bits per heavy atom. The molecule has 1 aromatic carbocycles. The molecule has 0 spiro atoms. The van der Waals surface area contributed by atoms with E-state index in [1.165, 1.54) is 17.7 Å². The quantitative estimate of drug-likeness (QED) is 0.770. The molecular weight excluding hydrogens is 200 g/mol. The van der Waals surface area contributed by atoms with Gasteiger partial charge >= 0.3 is 0 Å². The Morgan fingerprint density at radius 1 is 1.19 bits per heavy atom. The number of nitrogens with one attached hydrogen (secondary N) is 1. The van der Waals surface area contributed by atoms with Gasteiger partial charge in [-0.15, -0.1) is 0 Å². The number of hydrogen-bond donors (Lipinski definition) is 1. The normalized spacial score (nSPS) is 25.9. The molecule has 1 fully saturated rings. The summed E-state index contributed by atoms with van der Waals surface area (Å²) in [6, 6.07) is 9.27. The van der Waals surface area contributed by atoms with Crippen LogP contribution in [0.25, 0.3) is 0 Å². The maximum absolute atomic E-state index is 5.40. The van der Waals surface area contributed by atoms with E-state index < -0.39 is 0 Å². The molecule has 1 saturated heterocycles. The van der Waals surface area contributed by atoms with Gasteiger partial charge in [0, 0.05) is 31.4 Å². The lowest BCUT2D eigenvalue weighted by Gasteiger charge is -2.37. The summed E-state index contributed by atoms with van der Waals surface area (Å²) in [5.74, 6) is 0. The highest BCUT2D eigenvalue weighted by Crippen LogP contribution is 2.23. The van der Waals surface area contributed by atoms with Crippen LogP contribution < -0.4 is 5.32 Å². The van der Waals surface area contributed by atoms with E-state index in [0.29, 0.717) is 6.04 Å². The van der Waals surface area contributed by atoms with Crippen LogP contribution in [0.4, 0.5) is 5.69 Å². The molecule has 2 aliphatic heterocycles. The minimum Gasteiger partial charge on any atom is -0.383 e. The second-order valence-corrected chi connectivity index (χ2v) is 4.54. The lowest BCUT2D eigenvalue weighted by molar-refractivity contribution is 0.0187. The van der Waals surface area contributed by atoms with E-state index in [1.807, 2.05) is 0 Å². The van der Waals surface area contributed by atoms with E-state index in [2.05, 4.69) is 34.5 Å². The summed E-state index contributed by atoms with van der Waals surface area (Å²) in [5.41, 5.74) is 2.76. The molecule has 3 rings (SSSR count). The molecule has 0 aromatic heterocycles. The third-order valence-electron chi connectivity index (χ3n) is 3.56. The predicted molar refractivity (Wildman–Crippen MR) is 64.8 cm³/mol. The van der Waals surface area contributed by atoms with Crippen LogP contribution in [0.5, 0.6) is 0 Å². The third-order valence-corrected chi connectivity index (χ3v) is 3.56. The fourth-order valence-electron chi connectivity index (χ4n) is 2.63. The van der Waals surface area contributed by atoms with E-state index in [0.717, 1.165) is 32.8 Å². The number of fused-ring (bicyclic) bond motifs is 1. The minimum atomic E-state index is 0.638. The summed E-state index contributed by atoms with van der Waals surface area (Å²) in [7, 11) is 0.